The van der Waals surface area contributed by atoms with E-state index in [1.165, 1.54) is 12.8 Å². The first-order valence-electron chi connectivity index (χ1n) is 5.50. The van der Waals surface area contributed by atoms with Crippen LogP contribution in [0.3, 0.4) is 0 Å². The Morgan fingerprint density at radius 2 is 2.31 bits per heavy atom. The van der Waals surface area contributed by atoms with Gasteiger partial charge in [0.15, 0.2) is 0 Å². The summed E-state index contributed by atoms with van der Waals surface area (Å²) in [5, 5.41) is 0. The molecule has 0 aromatic carbocycles. The molecule has 0 saturated carbocycles. The number of hydrogen-bond donors (Lipinski definition) is 1. The van der Waals surface area contributed by atoms with Gasteiger partial charge in [-0.25, -0.2) is 9.97 Å². The van der Waals surface area contributed by atoms with Gasteiger partial charge in [0, 0.05) is 18.3 Å². The Hall–Kier alpha value is -1.23. The van der Waals surface area contributed by atoms with Crippen LogP contribution in [0.15, 0.2) is 6.07 Å². The van der Waals surface area contributed by atoms with Crippen LogP contribution in [0.5, 0.6) is 0 Å². The molecule has 1 fully saturated rings. The highest BCUT2D eigenvalue weighted by atomic mass is 32.1. The van der Waals surface area contributed by atoms with E-state index in [1.54, 1.807) is 0 Å². The van der Waals surface area contributed by atoms with E-state index in [0.29, 0.717) is 16.7 Å². The fraction of sp³-hybridized carbons (Fsp3) is 0.545. The summed E-state index contributed by atoms with van der Waals surface area (Å²) in [5.74, 6) is 0.757. The maximum absolute atomic E-state index is 5.61. The normalized spacial score (nSPS) is 20.1. The van der Waals surface area contributed by atoms with Crippen molar-refractivity contribution >= 4 is 23.2 Å². The molecule has 0 radical (unpaired) electrons. The average Bonchev–Trinajstić information content (AvgIpc) is 2.63. The number of aromatic nitrogens is 2. The molecule has 0 bridgehead atoms. The summed E-state index contributed by atoms with van der Waals surface area (Å²) in [6.07, 6.45) is 2.39. The minimum absolute atomic E-state index is 0.332. The standard InChI is InChI=1S/C11H16N4S/c1-7-6-9(10(12)16)14-11(13-7)15-5-3-4-8(15)2/h6,8H,3-5H2,1-2H3,(H2,12,16). The van der Waals surface area contributed by atoms with Crippen molar-refractivity contribution in [2.75, 3.05) is 11.4 Å². The Morgan fingerprint density at radius 3 is 2.88 bits per heavy atom. The quantitative estimate of drug-likeness (QED) is 0.787. The molecule has 2 rings (SSSR count). The summed E-state index contributed by atoms with van der Waals surface area (Å²) in [7, 11) is 0. The van der Waals surface area contributed by atoms with Gasteiger partial charge in [-0.05, 0) is 32.8 Å². The number of rotatable bonds is 2. The van der Waals surface area contributed by atoms with Gasteiger partial charge in [0.1, 0.15) is 10.7 Å². The molecule has 1 aromatic heterocycles. The highest BCUT2D eigenvalue weighted by Gasteiger charge is 2.23. The summed E-state index contributed by atoms with van der Waals surface area (Å²) >= 11 is 4.95. The molecular formula is C11H16N4S. The summed E-state index contributed by atoms with van der Waals surface area (Å²) in [6, 6.07) is 2.33. The first kappa shape index (κ1) is 11.3. The van der Waals surface area contributed by atoms with E-state index in [0.717, 1.165) is 18.2 Å². The smallest absolute Gasteiger partial charge is 0.226 e. The minimum atomic E-state index is 0.332. The molecule has 0 spiro atoms. The molecule has 1 atom stereocenters. The van der Waals surface area contributed by atoms with Gasteiger partial charge in [0.25, 0.3) is 0 Å². The van der Waals surface area contributed by atoms with E-state index < -0.39 is 0 Å². The zero-order valence-electron chi connectivity index (χ0n) is 9.60. The molecule has 2 heterocycles. The molecule has 0 aliphatic carbocycles. The highest BCUT2D eigenvalue weighted by molar-refractivity contribution is 7.80. The molecule has 0 amide bonds. The van der Waals surface area contributed by atoms with Gasteiger partial charge in [-0.15, -0.1) is 0 Å². The van der Waals surface area contributed by atoms with Crippen LogP contribution in [0, 0.1) is 6.92 Å². The lowest BCUT2D eigenvalue weighted by atomic mass is 10.2. The van der Waals surface area contributed by atoms with Crippen LogP contribution in [0.2, 0.25) is 0 Å². The van der Waals surface area contributed by atoms with Crippen molar-refractivity contribution in [3.8, 4) is 0 Å². The number of nitrogens with zero attached hydrogens (tertiary/aromatic N) is 3. The van der Waals surface area contributed by atoms with Crippen molar-refractivity contribution in [1.29, 1.82) is 0 Å². The Kier molecular flexibility index (Phi) is 3.05. The molecule has 1 aliphatic heterocycles. The van der Waals surface area contributed by atoms with Crippen LogP contribution in [0.25, 0.3) is 0 Å². The van der Waals surface area contributed by atoms with Crippen LogP contribution in [-0.2, 0) is 0 Å². The molecule has 5 heteroatoms. The number of thiocarbonyl (C=S) groups is 1. The van der Waals surface area contributed by atoms with Crippen molar-refractivity contribution in [3.63, 3.8) is 0 Å². The van der Waals surface area contributed by atoms with E-state index >= 15 is 0 Å². The van der Waals surface area contributed by atoms with Gasteiger partial charge in [-0.3, -0.25) is 0 Å². The first-order chi connectivity index (χ1) is 7.58. The highest BCUT2D eigenvalue weighted by Crippen LogP contribution is 2.22. The van der Waals surface area contributed by atoms with Gasteiger partial charge >= 0.3 is 0 Å². The fourth-order valence-electron chi connectivity index (χ4n) is 2.04. The first-order valence-corrected chi connectivity index (χ1v) is 5.91. The van der Waals surface area contributed by atoms with Crippen LogP contribution in [0.1, 0.15) is 31.2 Å². The van der Waals surface area contributed by atoms with E-state index in [2.05, 4.69) is 21.8 Å². The third-order valence-electron chi connectivity index (χ3n) is 2.90. The van der Waals surface area contributed by atoms with Crippen LogP contribution >= 0.6 is 12.2 Å². The fourth-order valence-corrected chi connectivity index (χ4v) is 2.14. The van der Waals surface area contributed by atoms with Gasteiger partial charge in [0.05, 0.1) is 0 Å². The average molecular weight is 236 g/mol. The second-order valence-electron chi connectivity index (χ2n) is 4.24. The Bertz CT molecular complexity index is 418. The van der Waals surface area contributed by atoms with Gasteiger partial charge < -0.3 is 10.6 Å². The number of hydrogen-bond acceptors (Lipinski definition) is 4. The second-order valence-corrected chi connectivity index (χ2v) is 4.68. The number of nitrogens with two attached hydrogens (primary N) is 1. The summed E-state index contributed by atoms with van der Waals surface area (Å²) in [5.41, 5.74) is 7.18. The maximum atomic E-state index is 5.61. The predicted molar refractivity (Wildman–Crippen MR) is 68.7 cm³/mol. The summed E-state index contributed by atoms with van der Waals surface area (Å²) in [4.78, 5) is 11.4. The molecule has 86 valence electrons. The molecule has 2 N–H and O–H groups in total. The zero-order valence-corrected chi connectivity index (χ0v) is 10.4. The Labute approximate surface area is 101 Å². The van der Waals surface area contributed by atoms with Crippen molar-refractivity contribution in [1.82, 2.24) is 9.97 Å². The monoisotopic (exact) mass is 236 g/mol. The van der Waals surface area contributed by atoms with Crippen molar-refractivity contribution in [2.45, 2.75) is 32.7 Å². The number of aryl methyl sites for hydroxylation is 1. The lowest BCUT2D eigenvalue weighted by Gasteiger charge is -2.21. The molecule has 1 aromatic rings. The molecule has 1 unspecified atom stereocenters. The van der Waals surface area contributed by atoms with Gasteiger partial charge in [-0.1, -0.05) is 12.2 Å². The largest absolute Gasteiger partial charge is 0.388 e. The molecule has 1 saturated heterocycles. The third-order valence-corrected chi connectivity index (χ3v) is 3.11. The van der Waals surface area contributed by atoms with E-state index in [4.69, 9.17) is 18.0 Å². The van der Waals surface area contributed by atoms with Crippen molar-refractivity contribution in [2.24, 2.45) is 5.73 Å². The molecule has 16 heavy (non-hydrogen) atoms. The maximum Gasteiger partial charge on any atom is 0.226 e. The Morgan fingerprint density at radius 1 is 1.56 bits per heavy atom. The SMILES string of the molecule is Cc1cc(C(N)=S)nc(N2CCCC2C)n1. The molecule has 1 aliphatic rings. The van der Waals surface area contributed by atoms with Crippen LogP contribution in [-0.4, -0.2) is 27.5 Å². The Balaban J connectivity index is 2.37. The zero-order chi connectivity index (χ0) is 11.7. The summed E-state index contributed by atoms with van der Waals surface area (Å²) < 4.78 is 0. The van der Waals surface area contributed by atoms with E-state index in [9.17, 15) is 0 Å². The van der Waals surface area contributed by atoms with Crippen molar-refractivity contribution < 1.29 is 0 Å². The molecular weight excluding hydrogens is 220 g/mol. The summed E-state index contributed by atoms with van der Waals surface area (Å²) in [6.45, 7) is 5.15. The van der Waals surface area contributed by atoms with E-state index in [1.807, 2.05) is 13.0 Å². The lowest BCUT2D eigenvalue weighted by Crippen LogP contribution is -2.29. The second kappa shape index (κ2) is 4.33. The predicted octanol–water partition coefficient (Wildman–Crippen LogP) is 1.41. The van der Waals surface area contributed by atoms with E-state index in [-0.39, 0.29) is 0 Å². The van der Waals surface area contributed by atoms with Crippen LogP contribution in [0.4, 0.5) is 5.95 Å². The minimum Gasteiger partial charge on any atom is -0.388 e. The third kappa shape index (κ3) is 2.14. The van der Waals surface area contributed by atoms with Gasteiger partial charge in [-0.2, -0.15) is 0 Å². The van der Waals surface area contributed by atoms with Crippen molar-refractivity contribution in [3.05, 3.63) is 17.5 Å². The molecule has 4 nitrogen and oxygen atoms in total. The van der Waals surface area contributed by atoms with Gasteiger partial charge in [0.2, 0.25) is 5.95 Å². The topological polar surface area (TPSA) is 55.0 Å². The lowest BCUT2D eigenvalue weighted by molar-refractivity contribution is 0.715. The van der Waals surface area contributed by atoms with Crippen LogP contribution < -0.4 is 10.6 Å². The number of anilines is 1.